The fraction of sp³-hybridized carbons (Fsp3) is 0.571. The summed E-state index contributed by atoms with van der Waals surface area (Å²) in [5.41, 5.74) is 0. The van der Waals surface area contributed by atoms with E-state index in [2.05, 4.69) is 29.8 Å². The maximum absolute atomic E-state index is 9.65. The zero-order valence-electron chi connectivity index (χ0n) is 10.7. The molecule has 0 saturated heterocycles. The first kappa shape index (κ1) is 14.5. The second-order valence-corrected chi connectivity index (χ2v) is 5.66. The fourth-order valence-electron chi connectivity index (χ4n) is 1.98. The first-order valence-electron chi connectivity index (χ1n) is 6.07. The van der Waals surface area contributed by atoms with Crippen LogP contribution in [0.4, 0.5) is 0 Å². The number of ether oxygens (including phenoxy) is 1. The molecule has 96 valence electrons. The maximum atomic E-state index is 9.65. The van der Waals surface area contributed by atoms with E-state index in [1.54, 1.807) is 0 Å². The summed E-state index contributed by atoms with van der Waals surface area (Å²) >= 11 is 3.39. The highest BCUT2D eigenvalue weighted by molar-refractivity contribution is 9.10. The van der Waals surface area contributed by atoms with Gasteiger partial charge in [-0.2, -0.15) is 0 Å². The monoisotopic (exact) mass is 300 g/mol. The molecule has 0 aliphatic heterocycles. The normalized spacial score (nSPS) is 14.7. The smallest absolute Gasteiger partial charge is 0.119 e. The third kappa shape index (κ3) is 5.09. The summed E-state index contributed by atoms with van der Waals surface area (Å²) in [6.07, 6.45) is 0.606. The van der Waals surface area contributed by atoms with Crippen LogP contribution < -0.4 is 4.74 Å². The molecule has 0 radical (unpaired) electrons. The largest absolute Gasteiger partial charge is 0.494 e. The maximum Gasteiger partial charge on any atom is 0.119 e. The lowest BCUT2D eigenvalue weighted by Crippen LogP contribution is -2.24. The second-order valence-electron chi connectivity index (χ2n) is 4.74. The van der Waals surface area contributed by atoms with E-state index in [1.165, 1.54) is 0 Å². The van der Waals surface area contributed by atoms with E-state index in [-0.39, 0.29) is 6.10 Å². The van der Waals surface area contributed by atoms with Crippen molar-refractivity contribution in [2.24, 2.45) is 11.8 Å². The Bertz CT molecular complexity index is 311. The molecule has 0 bridgehead atoms. The molecular formula is C14H21BrO2. The molecule has 0 aliphatic rings. The van der Waals surface area contributed by atoms with E-state index in [0.717, 1.165) is 16.6 Å². The number of rotatable bonds is 6. The summed E-state index contributed by atoms with van der Waals surface area (Å²) in [6, 6.07) is 7.81. The van der Waals surface area contributed by atoms with E-state index < -0.39 is 0 Å². The lowest BCUT2D eigenvalue weighted by Gasteiger charge is -2.23. The topological polar surface area (TPSA) is 29.5 Å². The first-order chi connectivity index (χ1) is 8.00. The van der Waals surface area contributed by atoms with Crippen molar-refractivity contribution in [2.45, 2.75) is 33.3 Å². The van der Waals surface area contributed by atoms with Crippen LogP contribution in [-0.2, 0) is 0 Å². The molecule has 0 aliphatic carbocycles. The van der Waals surface area contributed by atoms with Crippen molar-refractivity contribution in [1.29, 1.82) is 0 Å². The first-order valence-corrected chi connectivity index (χ1v) is 6.86. The van der Waals surface area contributed by atoms with Crippen LogP contribution in [0.15, 0.2) is 28.7 Å². The van der Waals surface area contributed by atoms with Gasteiger partial charge in [-0.25, -0.2) is 0 Å². The van der Waals surface area contributed by atoms with Crippen LogP contribution in [0.5, 0.6) is 5.75 Å². The SMILES string of the molecule is CC(C)C(CCOc1ccc(Br)cc1)C(C)O. The summed E-state index contributed by atoms with van der Waals surface area (Å²) in [6.45, 7) is 6.77. The van der Waals surface area contributed by atoms with Gasteiger partial charge in [0.15, 0.2) is 0 Å². The van der Waals surface area contributed by atoms with Crippen LogP contribution in [0.25, 0.3) is 0 Å². The molecule has 0 heterocycles. The molecule has 17 heavy (non-hydrogen) atoms. The molecule has 0 fully saturated rings. The summed E-state index contributed by atoms with van der Waals surface area (Å²) in [5, 5.41) is 9.65. The average molecular weight is 301 g/mol. The van der Waals surface area contributed by atoms with Gasteiger partial charge in [0.25, 0.3) is 0 Å². The minimum Gasteiger partial charge on any atom is -0.494 e. The molecule has 3 heteroatoms. The number of aliphatic hydroxyl groups excluding tert-OH is 1. The van der Waals surface area contributed by atoms with Crippen molar-refractivity contribution in [1.82, 2.24) is 0 Å². The molecule has 0 amide bonds. The summed E-state index contributed by atoms with van der Waals surface area (Å²) in [4.78, 5) is 0. The molecule has 2 unspecified atom stereocenters. The molecule has 0 spiro atoms. The van der Waals surface area contributed by atoms with Gasteiger partial charge in [-0.15, -0.1) is 0 Å². The van der Waals surface area contributed by atoms with Crippen molar-refractivity contribution in [2.75, 3.05) is 6.61 Å². The van der Waals surface area contributed by atoms with Crippen LogP contribution >= 0.6 is 15.9 Å². The van der Waals surface area contributed by atoms with Crippen LogP contribution in [0, 0.1) is 11.8 Å². The molecular weight excluding hydrogens is 280 g/mol. The van der Waals surface area contributed by atoms with Gasteiger partial charge in [0.05, 0.1) is 12.7 Å². The highest BCUT2D eigenvalue weighted by Gasteiger charge is 2.18. The van der Waals surface area contributed by atoms with Gasteiger partial charge in [-0.3, -0.25) is 0 Å². The zero-order valence-corrected chi connectivity index (χ0v) is 12.3. The molecule has 1 N–H and O–H groups in total. The number of benzene rings is 1. The van der Waals surface area contributed by atoms with Gasteiger partial charge in [0, 0.05) is 4.47 Å². The Morgan fingerprint density at radius 2 is 1.76 bits per heavy atom. The van der Waals surface area contributed by atoms with E-state index in [1.807, 2.05) is 31.2 Å². The molecule has 2 atom stereocenters. The van der Waals surface area contributed by atoms with Crippen LogP contribution in [-0.4, -0.2) is 17.8 Å². The van der Waals surface area contributed by atoms with Gasteiger partial charge >= 0.3 is 0 Å². The van der Waals surface area contributed by atoms with Gasteiger partial charge in [-0.1, -0.05) is 29.8 Å². The van der Waals surface area contributed by atoms with Gasteiger partial charge in [-0.05, 0) is 49.4 Å². The Hall–Kier alpha value is -0.540. The lowest BCUT2D eigenvalue weighted by molar-refractivity contribution is 0.0808. The van der Waals surface area contributed by atoms with E-state index >= 15 is 0 Å². The van der Waals surface area contributed by atoms with E-state index in [4.69, 9.17) is 4.74 Å². The molecule has 2 nitrogen and oxygen atoms in total. The molecule has 1 aromatic rings. The summed E-state index contributed by atoms with van der Waals surface area (Å²) in [7, 11) is 0. The predicted molar refractivity (Wildman–Crippen MR) is 74.3 cm³/mol. The summed E-state index contributed by atoms with van der Waals surface area (Å²) < 4.78 is 6.71. The van der Waals surface area contributed by atoms with Gasteiger partial charge in [0.2, 0.25) is 0 Å². The van der Waals surface area contributed by atoms with Crippen molar-refractivity contribution < 1.29 is 9.84 Å². The zero-order chi connectivity index (χ0) is 12.8. The minimum atomic E-state index is -0.275. The van der Waals surface area contributed by atoms with Crippen molar-refractivity contribution in [3.05, 3.63) is 28.7 Å². The van der Waals surface area contributed by atoms with Crippen molar-refractivity contribution >= 4 is 15.9 Å². The van der Waals surface area contributed by atoms with Crippen LogP contribution in [0.3, 0.4) is 0 Å². The molecule has 1 aromatic carbocycles. The Morgan fingerprint density at radius 3 is 2.24 bits per heavy atom. The quantitative estimate of drug-likeness (QED) is 0.864. The number of halogens is 1. The second kappa shape index (κ2) is 7.02. The van der Waals surface area contributed by atoms with Gasteiger partial charge < -0.3 is 9.84 Å². The average Bonchev–Trinajstić information content (AvgIpc) is 2.25. The fourth-order valence-corrected chi connectivity index (χ4v) is 2.24. The summed E-state index contributed by atoms with van der Waals surface area (Å²) in [5.74, 6) is 1.65. The third-order valence-corrected chi connectivity index (χ3v) is 3.54. The molecule has 0 aromatic heterocycles. The lowest BCUT2D eigenvalue weighted by atomic mass is 9.88. The number of hydrogen-bond donors (Lipinski definition) is 1. The molecule has 1 rings (SSSR count). The minimum absolute atomic E-state index is 0.275. The standard InChI is InChI=1S/C14H21BrO2/c1-10(2)14(11(3)16)8-9-17-13-6-4-12(15)5-7-13/h4-7,10-11,14,16H,8-9H2,1-3H3. The Kier molecular flexibility index (Phi) is 6.00. The predicted octanol–water partition coefficient (Wildman–Crippen LogP) is 3.87. The molecule has 0 saturated carbocycles. The van der Waals surface area contributed by atoms with Crippen LogP contribution in [0.1, 0.15) is 27.2 Å². The van der Waals surface area contributed by atoms with Crippen molar-refractivity contribution in [3.63, 3.8) is 0 Å². The van der Waals surface area contributed by atoms with Crippen molar-refractivity contribution in [3.8, 4) is 5.75 Å². The highest BCUT2D eigenvalue weighted by atomic mass is 79.9. The van der Waals surface area contributed by atoms with Crippen LogP contribution in [0.2, 0.25) is 0 Å². The number of hydrogen-bond acceptors (Lipinski definition) is 2. The Balaban J connectivity index is 2.38. The van der Waals surface area contributed by atoms with E-state index in [9.17, 15) is 5.11 Å². The number of aliphatic hydroxyl groups is 1. The Labute approximate surface area is 112 Å². The Morgan fingerprint density at radius 1 is 1.18 bits per heavy atom. The third-order valence-electron chi connectivity index (χ3n) is 3.01. The van der Waals surface area contributed by atoms with E-state index in [0.29, 0.717) is 18.4 Å². The van der Waals surface area contributed by atoms with Gasteiger partial charge in [0.1, 0.15) is 5.75 Å². The highest BCUT2D eigenvalue weighted by Crippen LogP contribution is 2.21.